The average Bonchev–Trinajstić information content (AvgIpc) is 2.63. The van der Waals surface area contributed by atoms with Crippen molar-refractivity contribution >= 4 is 21.8 Å². The number of anilines is 1. The highest BCUT2D eigenvalue weighted by Gasteiger charge is 2.16. The van der Waals surface area contributed by atoms with Gasteiger partial charge in [0.1, 0.15) is 11.6 Å². The molecule has 2 N–H and O–H groups in total. The molecule has 0 aliphatic rings. The maximum atomic E-state index is 13.3. The smallest absolute Gasteiger partial charge is 0.230 e. The van der Waals surface area contributed by atoms with Crippen LogP contribution in [-0.2, 0) is 0 Å². The Labute approximate surface area is 99.3 Å². The van der Waals surface area contributed by atoms with Crippen molar-refractivity contribution in [2.45, 2.75) is 0 Å². The topological polar surface area (TPSA) is 61.3 Å². The number of aromatic nitrogens is 1. The first kappa shape index (κ1) is 10.9. The fraction of sp³-hybridized carbons (Fsp3) is 0.100. The summed E-state index contributed by atoms with van der Waals surface area (Å²) in [6, 6.07) is 2.62. The van der Waals surface area contributed by atoms with Crippen molar-refractivity contribution in [1.82, 2.24) is 5.16 Å². The van der Waals surface area contributed by atoms with E-state index in [4.69, 9.17) is 15.0 Å². The summed E-state index contributed by atoms with van der Waals surface area (Å²) in [6.07, 6.45) is 1.42. The number of ether oxygens (including phenoxy) is 1. The summed E-state index contributed by atoms with van der Waals surface area (Å²) in [5.41, 5.74) is 6.56. The standard InChI is InChI=1S/C10H8BrFN2O2/c1-15-9-6(2-5(12)3-8(9)11)7-4-14-16-10(7)13/h2-4H,13H2,1H3. The van der Waals surface area contributed by atoms with Crippen molar-refractivity contribution in [2.75, 3.05) is 12.8 Å². The van der Waals surface area contributed by atoms with E-state index in [0.717, 1.165) is 0 Å². The van der Waals surface area contributed by atoms with Crippen LogP contribution in [0.1, 0.15) is 0 Å². The van der Waals surface area contributed by atoms with Gasteiger partial charge in [-0.05, 0) is 28.1 Å². The van der Waals surface area contributed by atoms with Gasteiger partial charge in [0.2, 0.25) is 5.88 Å². The molecule has 0 unspecified atom stereocenters. The second kappa shape index (κ2) is 4.13. The summed E-state index contributed by atoms with van der Waals surface area (Å²) in [4.78, 5) is 0. The molecule has 2 rings (SSSR count). The Hall–Kier alpha value is -1.56. The summed E-state index contributed by atoms with van der Waals surface area (Å²) >= 11 is 3.21. The molecular weight excluding hydrogens is 279 g/mol. The summed E-state index contributed by atoms with van der Waals surface area (Å²) < 4.78 is 23.7. The predicted octanol–water partition coefficient (Wildman–Crippen LogP) is 2.83. The maximum Gasteiger partial charge on any atom is 0.230 e. The van der Waals surface area contributed by atoms with Crippen LogP contribution in [0.3, 0.4) is 0 Å². The van der Waals surface area contributed by atoms with Crippen LogP contribution in [0.4, 0.5) is 10.3 Å². The highest BCUT2D eigenvalue weighted by molar-refractivity contribution is 9.10. The van der Waals surface area contributed by atoms with E-state index in [0.29, 0.717) is 21.3 Å². The lowest BCUT2D eigenvalue weighted by molar-refractivity contribution is 0.412. The van der Waals surface area contributed by atoms with Gasteiger partial charge in [-0.15, -0.1) is 0 Å². The Morgan fingerprint density at radius 3 is 2.75 bits per heavy atom. The van der Waals surface area contributed by atoms with Gasteiger partial charge in [-0.25, -0.2) is 4.39 Å². The minimum Gasteiger partial charge on any atom is -0.495 e. The second-order valence-corrected chi connectivity index (χ2v) is 3.93. The number of hydrogen-bond acceptors (Lipinski definition) is 4. The van der Waals surface area contributed by atoms with Gasteiger partial charge in [-0.1, -0.05) is 5.16 Å². The van der Waals surface area contributed by atoms with E-state index in [-0.39, 0.29) is 5.88 Å². The lowest BCUT2D eigenvalue weighted by atomic mass is 10.1. The number of nitrogens with zero attached hydrogens (tertiary/aromatic N) is 1. The summed E-state index contributed by atoms with van der Waals surface area (Å²) in [5, 5.41) is 3.54. The summed E-state index contributed by atoms with van der Waals surface area (Å²) in [6.45, 7) is 0. The van der Waals surface area contributed by atoms with E-state index in [9.17, 15) is 4.39 Å². The van der Waals surface area contributed by atoms with Gasteiger partial charge in [0.25, 0.3) is 0 Å². The lowest BCUT2D eigenvalue weighted by Gasteiger charge is -2.09. The molecule has 16 heavy (non-hydrogen) atoms. The fourth-order valence-corrected chi connectivity index (χ4v) is 2.01. The minimum absolute atomic E-state index is 0.121. The van der Waals surface area contributed by atoms with Crippen LogP contribution in [0, 0.1) is 5.82 Å². The van der Waals surface area contributed by atoms with Crippen molar-refractivity contribution in [3.63, 3.8) is 0 Å². The monoisotopic (exact) mass is 286 g/mol. The van der Waals surface area contributed by atoms with Gasteiger partial charge in [-0.2, -0.15) is 0 Å². The number of nitrogens with two attached hydrogens (primary N) is 1. The molecule has 0 spiro atoms. The molecule has 4 nitrogen and oxygen atoms in total. The third kappa shape index (κ3) is 1.76. The first-order chi connectivity index (χ1) is 7.63. The van der Waals surface area contributed by atoms with E-state index in [1.807, 2.05) is 0 Å². The molecule has 84 valence electrons. The third-order valence-electron chi connectivity index (χ3n) is 2.10. The zero-order valence-corrected chi connectivity index (χ0v) is 9.92. The summed E-state index contributed by atoms with van der Waals surface area (Å²) in [7, 11) is 1.49. The van der Waals surface area contributed by atoms with E-state index >= 15 is 0 Å². The largest absolute Gasteiger partial charge is 0.495 e. The molecule has 0 bridgehead atoms. The first-order valence-electron chi connectivity index (χ1n) is 4.37. The zero-order chi connectivity index (χ0) is 11.7. The van der Waals surface area contributed by atoms with E-state index in [1.54, 1.807) is 0 Å². The molecule has 0 aliphatic heterocycles. The van der Waals surface area contributed by atoms with E-state index < -0.39 is 5.82 Å². The van der Waals surface area contributed by atoms with Crippen molar-refractivity contribution < 1.29 is 13.7 Å². The molecule has 1 aromatic heterocycles. The van der Waals surface area contributed by atoms with Crippen molar-refractivity contribution in [3.05, 3.63) is 28.6 Å². The van der Waals surface area contributed by atoms with Crippen LogP contribution in [0.5, 0.6) is 5.75 Å². The minimum atomic E-state index is -0.400. The third-order valence-corrected chi connectivity index (χ3v) is 2.69. The van der Waals surface area contributed by atoms with Crippen molar-refractivity contribution in [2.24, 2.45) is 0 Å². The van der Waals surface area contributed by atoms with Crippen LogP contribution in [0.15, 0.2) is 27.3 Å². The SMILES string of the molecule is COc1c(Br)cc(F)cc1-c1cnoc1N. The molecule has 0 saturated carbocycles. The molecule has 6 heteroatoms. The second-order valence-electron chi connectivity index (χ2n) is 3.07. The van der Waals surface area contributed by atoms with E-state index in [2.05, 4.69) is 21.1 Å². The normalized spacial score (nSPS) is 10.4. The molecule has 1 aromatic carbocycles. The van der Waals surface area contributed by atoms with E-state index in [1.165, 1.54) is 25.4 Å². The quantitative estimate of drug-likeness (QED) is 0.922. The maximum absolute atomic E-state index is 13.3. The number of rotatable bonds is 2. The Morgan fingerprint density at radius 1 is 1.44 bits per heavy atom. The number of hydrogen-bond donors (Lipinski definition) is 1. The van der Waals surface area contributed by atoms with Crippen LogP contribution in [-0.4, -0.2) is 12.3 Å². The number of benzene rings is 1. The Morgan fingerprint density at radius 2 is 2.19 bits per heavy atom. The molecule has 0 atom stereocenters. The molecule has 0 radical (unpaired) electrons. The van der Waals surface area contributed by atoms with Crippen LogP contribution >= 0.6 is 15.9 Å². The molecule has 0 amide bonds. The van der Waals surface area contributed by atoms with Crippen LogP contribution in [0.25, 0.3) is 11.1 Å². The van der Waals surface area contributed by atoms with Crippen LogP contribution < -0.4 is 10.5 Å². The first-order valence-corrected chi connectivity index (χ1v) is 5.16. The molecule has 0 fully saturated rings. The summed E-state index contributed by atoms with van der Waals surface area (Å²) in [5.74, 6) is 0.204. The average molecular weight is 287 g/mol. The van der Waals surface area contributed by atoms with Gasteiger partial charge in [0.15, 0.2) is 0 Å². The highest BCUT2D eigenvalue weighted by Crippen LogP contribution is 2.39. The predicted molar refractivity (Wildman–Crippen MR) is 60.6 cm³/mol. The number of nitrogen functional groups attached to an aromatic ring is 1. The number of halogens is 2. The molecular formula is C10H8BrFN2O2. The van der Waals surface area contributed by atoms with Gasteiger partial charge in [0.05, 0.1) is 23.3 Å². The van der Waals surface area contributed by atoms with Crippen LogP contribution in [0.2, 0.25) is 0 Å². The molecule has 2 aromatic rings. The molecule has 1 heterocycles. The number of methoxy groups -OCH3 is 1. The van der Waals surface area contributed by atoms with Gasteiger partial charge in [0, 0.05) is 5.56 Å². The van der Waals surface area contributed by atoms with Crippen molar-refractivity contribution in [3.8, 4) is 16.9 Å². The van der Waals surface area contributed by atoms with Crippen molar-refractivity contribution in [1.29, 1.82) is 0 Å². The van der Waals surface area contributed by atoms with Gasteiger partial charge >= 0.3 is 0 Å². The Balaban J connectivity index is 2.68. The zero-order valence-electron chi connectivity index (χ0n) is 8.33. The molecule has 0 saturated heterocycles. The fourth-order valence-electron chi connectivity index (χ4n) is 1.42. The highest BCUT2D eigenvalue weighted by atomic mass is 79.9. The Bertz CT molecular complexity index is 528. The van der Waals surface area contributed by atoms with Gasteiger partial charge in [-0.3, -0.25) is 0 Å². The Kier molecular flexibility index (Phi) is 2.82. The molecule has 0 aliphatic carbocycles. The lowest BCUT2D eigenvalue weighted by Crippen LogP contribution is -1.92. The van der Waals surface area contributed by atoms with Gasteiger partial charge < -0.3 is 15.0 Å².